The van der Waals surface area contributed by atoms with E-state index in [9.17, 15) is 0 Å². The predicted octanol–water partition coefficient (Wildman–Crippen LogP) is 4.16. The van der Waals surface area contributed by atoms with Gasteiger partial charge in [0.1, 0.15) is 10.8 Å². The molecule has 0 bridgehead atoms. The summed E-state index contributed by atoms with van der Waals surface area (Å²) < 4.78 is 6.23. The number of anilines is 1. The van der Waals surface area contributed by atoms with Gasteiger partial charge in [-0.05, 0) is 35.4 Å². The summed E-state index contributed by atoms with van der Waals surface area (Å²) in [5.41, 5.74) is 5.23. The third-order valence-corrected chi connectivity index (χ3v) is 4.48. The molecule has 0 saturated carbocycles. The molecular formula is C24H21NO. The molecular weight excluding hydrogens is 318 g/mol. The number of furan rings is 1. The molecule has 1 heterocycles. The molecule has 0 aliphatic carbocycles. The Morgan fingerprint density at radius 1 is 0.615 bits per heavy atom. The first-order valence-electron chi connectivity index (χ1n) is 8.74. The minimum absolute atomic E-state index is 0.889. The maximum absolute atomic E-state index is 6.23. The van der Waals surface area contributed by atoms with E-state index in [0.29, 0.717) is 0 Å². The smallest absolute Gasteiger partial charge is 0.136 e. The van der Waals surface area contributed by atoms with Gasteiger partial charge in [0.2, 0.25) is 0 Å². The summed E-state index contributed by atoms with van der Waals surface area (Å²) in [5, 5.41) is 2.26. The molecule has 0 aliphatic rings. The van der Waals surface area contributed by atoms with Crippen molar-refractivity contribution in [3.8, 4) is 0 Å². The van der Waals surface area contributed by atoms with Crippen LogP contribution in [-0.4, -0.2) is 14.1 Å². The Labute approximate surface area is 153 Å². The minimum Gasteiger partial charge on any atom is -0.456 e. The van der Waals surface area contributed by atoms with E-state index < -0.39 is 0 Å². The van der Waals surface area contributed by atoms with Gasteiger partial charge in [0.05, 0.1) is 0 Å². The maximum Gasteiger partial charge on any atom is 0.136 e. The van der Waals surface area contributed by atoms with Crippen LogP contribution in [0.15, 0.2) is 83.3 Å². The summed E-state index contributed by atoms with van der Waals surface area (Å²) in [7, 11) is 4.09. The predicted molar refractivity (Wildman–Crippen MR) is 110 cm³/mol. The van der Waals surface area contributed by atoms with Gasteiger partial charge in [0, 0.05) is 30.6 Å². The van der Waals surface area contributed by atoms with Crippen LogP contribution < -0.4 is 15.7 Å². The summed E-state index contributed by atoms with van der Waals surface area (Å²) in [5.74, 6) is 0. The minimum atomic E-state index is 0.889. The Bertz CT molecular complexity index is 1140. The van der Waals surface area contributed by atoms with E-state index in [1.165, 1.54) is 5.69 Å². The van der Waals surface area contributed by atoms with Crippen LogP contribution in [0.5, 0.6) is 0 Å². The zero-order chi connectivity index (χ0) is 17.9. The second-order valence-electron chi connectivity index (χ2n) is 6.56. The van der Waals surface area contributed by atoms with Gasteiger partial charge in [-0.15, -0.1) is 0 Å². The van der Waals surface area contributed by atoms with Gasteiger partial charge in [-0.2, -0.15) is 0 Å². The van der Waals surface area contributed by atoms with Crippen molar-refractivity contribution in [2.75, 3.05) is 19.0 Å². The first kappa shape index (κ1) is 16.2. The van der Waals surface area contributed by atoms with Gasteiger partial charge in [-0.3, -0.25) is 0 Å². The highest BCUT2D eigenvalue weighted by atomic mass is 16.3. The van der Waals surface area contributed by atoms with Gasteiger partial charge >= 0.3 is 0 Å². The first-order chi connectivity index (χ1) is 12.7. The monoisotopic (exact) mass is 339 g/mol. The Kier molecular flexibility index (Phi) is 4.32. The Morgan fingerprint density at radius 2 is 1.12 bits per heavy atom. The maximum atomic E-state index is 6.23. The molecule has 0 radical (unpaired) electrons. The SMILES string of the molecule is CN(C)c1ccc(/C=c2\o/c(=C\c3ccccc3)c3ccccc23)cc1. The molecule has 128 valence electrons. The first-order valence-corrected chi connectivity index (χ1v) is 8.74. The molecule has 4 rings (SSSR count). The van der Waals surface area contributed by atoms with E-state index in [-0.39, 0.29) is 0 Å². The molecule has 0 amide bonds. The molecule has 0 unspecified atom stereocenters. The summed E-state index contributed by atoms with van der Waals surface area (Å²) in [6.07, 6.45) is 4.19. The molecule has 0 saturated heterocycles. The van der Waals surface area contributed by atoms with Crippen LogP contribution in [0.25, 0.3) is 22.9 Å². The second kappa shape index (κ2) is 6.93. The van der Waals surface area contributed by atoms with Gasteiger partial charge in [0.25, 0.3) is 0 Å². The van der Waals surface area contributed by atoms with E-state index in [1.54, 1.807) is 0 Å². The molecule has 0 atom stereocenters. The fourth-order valence-electron chi connectivity index (χ4n) is 3.08. The highest BCUT2D eigenvalue weighted by Crippen LogP contribution is 2.13. The lowest BCUT2D eigenvalue weighted by Crippen LogP contribution is -2.08. The van der Waals surface area contributed by atoms with Crippen molar-refractivity contribution in [2.24, 2.45) is 0 Å². The third kappa shape index (κ3) is 3.27. The van der Waals surface area contributed by atoms with Crippen molar-refractivity contribution in [3.05, 3.63) is 101 Å². The normalized spacial score (nSPS) is 12.7. The zero-order valence-corrected chi connectivity index (χ0v) is 15.0. The fraction of sp³-hybridized carbons (Fsp3) is 0.0833. The lowest BCUT2D eigenvalue weighted by atomic mass is 10.1. The van der Waals surface area contributed by atoms with Gasteiger partial charge in [-0.25, -0.2) is 0 Å². The van der Waals surface area contributed by atoms with Crippen LogP contribution >= 0.6 is 0 Å². The largest absolute Gasteiger partial charge is 0.456 e. The number of benzene rings is 3. The summed E-state index contributed by atoms with van der Waals surface area (Å²) in [6.45, 7) is 0. The Hall–Kier alpha value is -3.26. The van der Waals surface area contributed by atoms with Crippen LogP contribution in [-0.2, 0) is 0 Å². The number of rotatable bonds is 3. The number of hydrogen-bond acceptors (Lipinski definition) is 2. The highest BCUT2D eigenvalue weighted by molar-refractivity contribution is 5.84. The lowest BCUT2D eigenvalue weighted by Gasteiger charge is -2.11. The average molecular weight is 339 g/mol. The molecule has 2 nitrogen and oxygen atoms in total. The van der Waals surface area contributed by atoms with Crippen LogP contribution in [0.3, 0.4) is 0 Å². The highest BCUT2D eigenvalue weighted by Gasteiger charge is 2.03. The Morgan fingerprint density at radius 3 is 1.65 bits per heavy atom. The van der Waals surface area contributed by atoms with E-state index in [1.807, 2.05) is 32.3 Å². The quantitative estimate of drug-likeness (QED) is 0.557. The van der Waals surface area contributed by atoms with Crippen LogP contribution in [0.1, 0.15) is 11.1 Å². The molecule has 2 heteroatoms. The molecule has 0 N–H and O–H groups in total. The molecule has 0 aliphatic heterocycles. The van der Waals surface area contributed by atoms with E-state index in [4.69, 9.17) is 4.42 Å². The van der Waals surface area contributed by atoms with E-state index in [0.717, 1.165) is 32.7 Å². The van der Waals surface area contributed by atoms with Crippen molar-refractivity contribution in [1.29, 1.82) is 0 Å². The molecule has 1 aromatic heterocycles. The molecule has 0 fully saturated rings. The number of hydrogen-bond donors (Lipinski definition) is 0. The summed E-state index contributed by atoms with van der Waals surface area (Å²) >= 11 is 0. The van der Waals surface area contributed by atoms with Crippen LogP contribution in [0.4, 0.5) is 5.69 Å². The molecule has 26 heavy (non-hydrogen) atoms. The molecule has 3 aromatic carbocycles. The lowest BCUT2D eigenvalue weighted by molar-refractivity contribution is 0.508. The van der Waals surface area contributed by atoms with E-state index >= 15 is 0 Å². The third-order valence-electron chi connectivity index (χ3n) is 4.48. The standard InChI is InChI=1S/C24H21NO/c1-25(2)20-14-12-19(13-15-20)17-24-22-11-7-6-10-21(22)23(26-24)16-18-8-4-3-5-9-18/h3-17H,1-2H3/b23-16-,24-17-. The van der Waals surface area contributed by atoms with Crippen LogP contribution in [0, 0.1) is 0 Å². The average Bonchev–Trinajstić information content (AvgIpc) is 3.01. The van der Waals surface area contributed by atoms with Crippen molar-refractivity contribution in [1.82, 2.24) is 0 Å². The van der Waals surface area contributed by atoms with Crippen molar-refractivity contribution in [3.63, 3.8) is 0 Å². The molecule has 0 spiro atoms. The summed E-state index contributed by atoms with van der Waals surface area (Å²) in [6, 6.07) is 27.1. The number of nitrogens with zero attached hydrogens (tertiary/aromatic N) is 1. The Balaban J connectivity index is 1.87. The van der Waals surface area contributed by atoms with Crippen molar-refractivity contribution in [2.45, 2.75) is 0 Å². The molecule has 4 aromatic rings. The summed E-state index contributed by atoms with van der Waals surface area (Å²) in [4.78, 5) is 2.10. The van der Waals surface area contributed by atoms with E-state index in [2.05, 4.69) is 77.7 Å². The zero-order valence-electron chi connectivity index (χ0n) is 15.0. The van der Waals surface area contributed by atoms with Gasteiger partial charge < -0.3 is 9.32 Å². The topological polar surface area (TPSA) is 16.4 Å². The van der Waals surface area contributed by atoms with Crippen molar-refractivity contribution >= 4 is 28.6 Å². The van der Waals surface area contributed by atoms with Crippen molar-refractivity contribution < 1.29 is 4.42 Å². The fourth-order valence-corrected chi connectivity index (χ4v) is 3.08. The van der Waals surface area contributed by atoms with Gasteiger partial charge in [-0.1, -0.05) is 66.7 Å². The van der Waals surface area contributed by atoms with Gasteiger partial charge in [0.15, 0.2) is 0 Å². The van der Waals surface area contributed by atoms with Crippen LogP contribution in [0.2, 0.25) is 0 Å². The number of fused-ring (bicyclic) bond motifs is 1. The second-order valence-corrected chi connectivity index (χ2v) is 6.56.